The summed E-state index contributed by atoms with van der Waals surface area (Å²) < 4.78 is 3.88. The molecule has 0 saturated heterocycles. The number of hydrogen-bond donors (Lipinski definition) is 7. The molecule has 2 fully saturated rings. The van der Waals surface area contributed by atoms with Gasteiger partial charge < -0.3 is 47.4 Å². The molecule has 0 bridgehead atoms. The molecule has 0 amide bonds. The molecule has 2 saturated carbocycles. The second-order valence-electron chi connectivity index (χ2n) is 18.0. The number of aliphatic hydroxyl groups is 1. The SMILES string of the molecule is C=CCn1cnc2c(NCc3ccc(-c4ccccc4)cc3)nc(Cl)nc21.C=CCn1cnc2c(NCc3ccc(-c4ccccc4)cc3)nc(NC3CCC(N)CC3)nc21.CCO.NC1CCC(N)CC1. The lowest BCUT2D eigenvalue weighted by Crippen LogP contribution is -2.33. The van der Waals surface area contributed by atoms with Crippen LogP contribution in [0.4, 0.5) is 17.6 Å². The first-order valence-corrected chi connectivity index (χ1v) is 25.3. The monoisotopic (exact) mass is 989 g/mol. The number of anilines is 3. The van der Waals surface area contributed by atoms with E-state index in [9.17, 15) is 0 Å². The van der Waals surface area contributed by atoms with E-state index >= 15 is 0 Å². The van der Waals surface area contributed by atoms with Crippen LogP contribution in [0.25, 0.3) is 44.6 Å². The van der Waals surface area contributed by atoms with Gasteiger partial charge >= 0.3 is 0 Å². The quantitative estimate of drug-likeness (QED) is 0.0399. The van der Waals surface area contributed by atoms with Gasteiger partial charge in [0.25, 0.3) is 0 Å². The number of nitrogens with two attached hydrogens (primary N) is 3. The van der Waals surface area contributed by atoms with Crippen molar-refractivity contribution in [2.45, 2.75) is 109 Å². The topological polar surface area (TPSA) is 222 Å². The molecule has 16 heteroatoms. The normalized spacial score (nSPS) is 17.2. The highest BCUT2D eigenvalue weighted by Crippen LogP contribution is 2.27. The van der Waals surface area contributed by atoms with Crippen LogP contribution < -0.4 is 33.2 Å². The highest BCUT2D eigenvalue weighted by molar-refractivity contribution is 6.28. The smallest absolute Gasteiger partial charge is 0.227 e. The average molecular weight is 990 g/mol. The van der Waals surface area contributed by atoms with Gasteiger partial charge in [-0.2, -0.15) is 19.9 Å². The largest absolute Gasteiger partial charge is 0.397 e. The van der Waals surface area contributed by atoms with Gasteiger partial charge in [-0.3, -0.25) is 0 Å². The van der Waals surface area contributed by atoms with Crippen molar-refractivity contribution >= 4 is 51.5 Å². The van der Waals surface area contributed by atoms with E-state index in [4.69, 9.17) is 43.9 Å². The number of halogens is 1. The Morgan fingerprint density at radius 2 is 0.958 bits per heavy atom. The first kappa shape index (κ1) is 52.8. The molecule has 0 aliphatic heterocycles. The Bertz CT molecular complexity index is 2880. The molecule has 4 aromatic heterocycles. The number of benzene rings is 4. The van der Waals surface area contributed by atoms with E-state index in [-0.39, 0.29) is 11.9 Å². The predicted octanol–water partition coefficient (Wildman–Crippen LogP) is 10.1. The van der Waals surface area contributed by atoms with Crippen LogP contribution >= 0.6 is 11.6 Å². The van der Waals surface area contributed by atoms with Crippen molar-refractivity contribution in [1.82, 2.24) is 39.0 Å². The lowest BCUT2D eigenvalue weighted by molar-refractivity contribution is 0.318. The zero-order valence-electron chi connectivity index (χ0n) is 41.3. The Labute approximate surface area is 428 Å². The van der Waals surface area contributed by atoms with Crippen molar-refractivity contribution in [2.75, 3.05) is 22.6 Å². The maximum absolute atomic E-state index is 7.57. The molecule has 0 spiro atoms. The van der Waals surface area contributed by atoms with Gasteiger partial charge in [0.2, 0.25) is 11.2 Å². The van der Waals surface area contributed by atoms with Gasteiger partial charge in [-0.25, -0.2) is 9.97 Å². The van der Waals surface area contributed by atoms with Gasteiger partial charge in [-0.1, -0.05) is 121 Å². The lowest BCUT2D eigenvalue weighted by atomic mass is 9.92. The summed E-state index contributed by atoms with van der Waals surface area (Å²) in [4.78, 5) is 27.2. The fourth-order valence-corrected chi connectivity index (χ4v) is 8.74. The number of nitrogens with zero attached hydrogens (tertiary/aromatic N) is 8. The van der Waals surface area contributed by atoms with E-state index in [1.54, 1.807) is 25.7 Å². The first-order chi connectivity index (χ1) is 35.1. The predicted molar refractivity (Wildman–Crippen MR) is 295 cm³/mol. The molecule has 4 heterocycles. The van der Waals surface area contributed by atoms with Crippen LogP contribution in [0.5, 0.6) is 0 Å². The summed E-state index contributed by atoms with van der Waals surface area (Å²) in [6, 6.07) is 39.3. The third-order valence-electron chi connectivity index (χ3n) is 12.5. The molecule has 4 aromatic carbocycles. The first-order valence-electron chi connectivity index (χ1n) is 24.9. The minimum Gasteiger partial charge on any atom is -0.397 e. The number of aromatic nitrogens is 8. The van der Waals surface area contributed by atoms with E-state index in [1.807, 2.05) is 39.5 Å². The standard InChI is InChI=1S/C27H31N7.C21H18ClN5.C6H14N2.C2H6O/c1-2-16-34-18-30-24-25(32-27(33-26(24)34)31-23-14-12-22(28)13-15-23)29-17-19-8-10-21(11-9-19)20-6-4-3-5-7-20;1-2-12-27-14-24-18-19(25-21(22)26-20(18)27)23-13-15-8-10-17(11-9-15)16-6-4-3-5-7-16;7-5-1-2-6(8)4-3-5;1-2-3/h2-11,18,22-23H,1,12-17,28H2,(H2,29,31,32,33);2-11,14H,1,12-13H2,(H,23,25,26);5-6H,1-4,7-8H2;3H,2H2,1H3. The summed E-state index contributed by atoms with van der Waals surface area (Å²) >= 11 is 6.09. The van der Waals surface area contributed by atoms with Gasteiger partial charge in [0.1, 0.15) is 0 Å². The van der Waals surface area contributed by atoms with Gasteiger partial charge in [-0.15, -0.1) is 13.2 Å². The van der Waals surface area contributed by atoms with E-state index in [0.29, 0.717) is 73.3 Å². The fourth-order valence-electron chi connectivity index (χ4n) is 8.57. The molecule has 8 aromatic rings. The van der Waals surface area contributed by atoms with Crippen molar-refractivity contribution in [3.8, 4) is 22.3 Å². The number of aliphatic hydroxyl groups excluding tert-OH is 1. The summed E-state index contributed by atoms with van der Waals surface area (Å²) in [6.45, 7) is 12.1. The molecule has 15 nitrogen and oxygen atoms in total. The Hall–Kier alpha value is -7.01. The van der Waals surface area contributed by atoms with Crippen LogP contribution in [0.2, 0.25) is 5.28 Å². The summed E-state index contributed by atoms with van der Waals surface area (Å²) in [7, 11) is 0. The average Bonchev–Trinajstić information content (AvgIpc) is 4.01. The number of rotatable bonds is 14. The summed E-state index contributed by atoms with van der Waals surface area (Å²) in [6.07, 6.45) is 15.8. The number of hydrogen-bond acceptors (Lipinski definition) is 13. The molecule has 72 heavy (non-hydrogen) atoms. The number of imidazole rings is 2. The third kappa shape index (κ3) is 15.0. The maximum atomic E-state index is 7.57. The van der Waals surface area contributed by atoms with Gasteiger partial charge in [0.05, 0.1) is 12.7 Å². The van der Waals surface area contributed by atoms with Crippen LogP contribution in [0, 0.1) is 0 Å². The molecule has 2 aliphatic carbocycles. The highest BCUT2D eigenvalue weighted by Gasteiger charge is 2.21. The third-order valence-corrected chi connectivity index (χ3v) is 12.7. The van der Waals surface area contributed by atoms with Gasteiger partial charge in [0.15, 0.2) is 34.0 Å². The zero-order valence-corrected chi connectivity index (χ0v) is 42.0. The molecule has 0 radical (unpaired) electrons. The highest BCUT2D eigenvalue weighted by atomic mass is 35.5. The second kappa shape index (κ2) is 27.0. The van der Waals surface area contributed by atoms with Gasteiger partial charge in [0, 0.05) is 57.0 Å². The van der Waals surface area contributed by atoms with Crippen molar-refractivity contribution < 1.29 is 5.11 Å². The van der Waals surface area contributed by atoms with Crippen LogP contribution in [0.1, 0.15) is 69.4 Å². The van der Waals surface area contributed by atoms with E-state index in [1.165, 1.54) is 27.8 Å². The fraction of sp³-hybridized carbons (Fsp3) is 0.321. The van der Waals surface area contributed by atoms with Crippen molar-refractivity contribution in [3.05, 3.63) is 164 Å². The molecular weight excluding hydrogens is 920 g/mol. The van der Waals surface area contributed by atoms with E-state index in [2.05, 4.69) is 134 Å². The molecule has 10 rings (SSSR count). The summed E-state index contributed by atoms with van der Waals surface area (Å²) in [5, 5.41) is 18.1. The number of nitrogens with one attached hydrogen (secondary N) is 3. The molecule has 2 aliphatic rings. The minimum atomic E-state index is 0.190. The Morgan fingerprint density at radius 3 is 1.39 bits per heavy atom. The summed E-state index contributed by atoms with van der Waals surface area (Å²) in [5.41, 5.74) is 27.4. The minimum absolute atomic E-state index is 0.190. The molecule has 376 valence electrons. The maximum Gasteiger partial charge on any atom is 0.227 e. The van der Waals surface area contributed by atoms with E-state index < -0.39 is 0 Å². The Kier molecular flexibility index (Phi) is 19.8. The van der Waals surface area contributed by atoms with Crippen LogP contribution in [0.15, 0.2) is 147 Å². The zero-order chi connectivity index (χ0) is 50.7. The lowest BCUT2D eigenvalue weighted by Gasteiger charge is -2.26. The van der Waals surface area contributed by atoms with Crippen LogP contribution in [-0.2, 0) is 26.2 Å². The Morgan fingerprint density at radius 1 is 0.569 bits per heavy atom. The molecule has 10 N–H and O–H groups in total. The van der Waals surface area contributed by atoms with Crippen molar-refractivity contribution in [3.63, 3.8) is 0 Å². The summed E-state index contributed by atoms with van der Waals surface area (Å²) in [5.74, 6) is 1.98. The van der Waals surface area contributed by atoms with Crippen LogP contribution in [0.3, 0.4) is 0 Å². The number of allylic oxidation sites excluding steroid dienone is 2. The second-order valence-corrected chi connectivity index (χ2v) is 18.4. The molecule has 0 atom stereocenters. The van der Waals surface area contributed by atoms with Crippen molar-refractivity contribution in [1.29, 1.82) is 0 Å². The van der Waals surface area contributed by atoms with Crippen LogP contribution in [-0.4, -0.2) is 74.9 Å². The number of fused-ring (bicyclic) bond motifs is 2. The van der Waals surface area contributed by atoms with E-state index in [0.717, 1.165) is 73.9 Å². The van der Waals surface area contributed by atoms with Gasteiger partial charge in [-0.05, 0) is 103 Å². The van der Waals surface area contributed by atoms with Crippen molar-refractivity contribution in [2.24, 2.45) is 17.2 Å². The Balaban J connectivity index is 0.000000178. The molecule has 0 unspecified atom stereocenters. The molecular formula is C56H69ClN14O.